The highest BCUT2D eigenvalue weighted by atomic mass is 16.5. The fraction of sp³-hybridized carbons (Fsp3) is 0.250. The van der Waals surface area contributed by atoms with E-state index in [1.807, 2.05) is 0 Å². The molecule has 7 heteroatoms. The van der Waals surface area contributed by atoms with Crippen molar-refractivity contribution in [2.45, 2.75) is 32.0 Å². The van der Waals surface area contributed by atoms with Gasteiger partial charge in [-0.05, 0) is 26.0 Å². The maximum atomic E-state index is 12.9. The lowest BCUT2D eigenvalue weighted by molar-refractivity contribution is -0.0416. The molecule has 3 aromatic rings. The first kappa shape index (κ1) is 17.2. The van der Waals surface area contributed by atoms with Crippen molar-refractivity contribution in [1.82, 2.24) is 0 Å². The average Bonchev–Trinajstić information content (AvgIpc) is 2.57. The van der Waals surface area contributed by atoms with Crippen LogP contribution < -0.4 is 10.2 Å². The van der Waals surface area contributed by atoms with Crippen LogP contribution in [0.25, 0.3) is 22.1 Å². The minimum Gasteiger partial charge on any atom is -0.508 e. The third kappa shape index (κ3) is 2.59. The molecule has 0 spiro atoms. The molecule has 0 fully saturated rings. The molecule has 0 radical (unpaired) electrons. The minimum atomic E-state index is -0.828. The molecule has 2 heterocycles. The van der Waals surface area contributed by atoms with Gasteiger partial charge in [-0.3, -0.25) is 4.79 Å². The number of benzene rings is 2. The number of rotatable bonds is 1. The first-order valence-electron chi connectivity index (χ1n) is 8.39. The summed E-state index contributed by atoms with van der Waals surface area (Å²) in [6.07, 6.45) is 0.501. The molecule has 0 saturated carbocycles. The fourth-order valence-electron chi connectivity index (χ4n) is 3.32. The molecule has 140 valence electrons. The summed E-state index contributed by atoms with van der Waals surface area (Å²) in [5.74, 6) is -0.406. The van der Waals surface area contributed by atoms with Gasteiger partial charge in [0.2, 0.25) is 5.43 Å². The Morgan fingerprint density at radius 3 is 2.59 bits per heavy atom. The molecule has 0 bridgehead atoms. The molecule has 27 heavy (non-hydrogen) atoms. The molecule has 0 amide bonds. The highest BCUT2D eigenvalue weighted by molar-refractivity contribution is 5.89. The minimum absolute atomic E-state index is 0.0270. The van der Waals surface area contributed by atoms with Crippen molar-refractivity contribution in [3.63, 3.8) is 0 Å². The van der Waals surface area contributed by atoms with Gasteiger partial charge >= 0.3 is 0 Å². The molecule has 1 aromatic heterocycles. The molecule has 4 rings (SSSR count). The normalized spacial score (nSPS) is 18.1. The zero-order chi connectivity index (χ0) is 19.5. The molecular formula is C20H18O7. The first-order valence-corrected chi connectivity index (χ1v) is 8.39. The zero-order valence-corrected chi connectivity index (χ0v) is 14.7. The van der Waals surface area contributed by atoms with Crippen LogP contribution in [0.5, 0.6) is 23.0 Å². The molecule has 0 unspecified atom stereocenters. The Morgan fingerprint density at radius 1 is 1.11 bits per heavy atom. The molecule has 0 aliphatic carbocycles. The summed E-state index contributed by atoms with van der Waals surface area (Å²) in [6, 6.07) is 5.41. The number of phenols is 3. The van der Waals surface area contributed by atoms with E-state index >= 15 is 0 Å². The van der Waals surface area contributed by atoms with E-state index in [2.05, 4.69) is 0 Å². The second-order valence-corrected chi connectivity index (χ2v) is 7.18. The van der Waals surface area contributed by atoms with Gasteiger partial charge in [0.15, 0.2) is 0 Å². The largest absolute Gasteiger partial charge is 0.508 e. The maximum Gasteiger partial charge on any atom is 0.204 e. The maximum absolute atomic E-state index is 12.9. The SMILES string of the molecule is CC1(C)Oc2ccc(-c3coc4cc(O)cc(O)c4c3=O)c(O)c2C[C@@H]1O. The summed E-state index contributed by atoms with van der Waals surface area (Å²) in [4.78, 5) is 12.9. The molecule has 1 aliphatic heterocycles. The van der Waals surface area contributed by atoms with Crippen molar-refractivity contribution < 1.29 is 29.6 Å². The zero-order valence-electron chi connectivity index (χ0n) is 14.7. The second kappa shape index (κ2) is 5.65. The van der Waals surface area contributed by atoms with E-state index in [-0.39, 0.29) is 40.0 Å². The molecule has 1 atom stereocenters. The third-order valence-corrected chi connectivity index (χ3v) is 4.94. The van der Waals surface area contributed by atoms with Gasteiger partial charge in [-0.15, -0.1) is 0 Å². The van der Waals surface area contributed by atoms with Crippen molar-refractivity contribution in [2.75, 3.05) is 0 Å². The summed E-state index contributed by atoms with van der Waals surface area (Å²) in [6.45, 7) is 3.50. The van der Waals surface area contributed by atoms with Gasteiger partial charge < -0.3 is 29.6 Å². The van der Waals surface area contributed by atoms with Crippen molar-refractivity contribution in [3.8, 4) is 34.1 Å². The first-order chi connectivity index (χ1) is 12.7. The van der Waals surface area contributed by atoms with E-state index < -0.39 is 22.9 Å². The predicted molar refractivity (Wildman–Crippen MR) is 97.3 cm³/mol. The van der Waals surface area contributed by atoms with Crippen molar-refractivity contribution in [1.29, 1.82) is 0 Å². The van der Waals surface area contributed by atoms with E-state index in [1.165, 1.54) is 12.1 Å². The van der Waals surface area contributed by atoms with E-state index in [0.717, 1.165) is 12.3 Å². The van der Waals surface area contributed by atoms with Gasteiger partial charge in [0.25, 0.3) is 0 Å². The Hall–Kier alpha value is -3.19. The molecule has 7 nitrogen and oxygen atoms in total. The number of aliphatic hydroxyl groups excluding tert-OH is 1. The lowest BCUT2D eigenvalue weighted by Crippen LogP contribution is -2.46. The highest BCUT2D eigenvalue weighted by Gasteiger charge is 2.37. The van der Waals surface area contributed by atoms with Crippen LogP contribution in [0.15, 0.2) is 39.7 Å². The lowest BCUT2D eigenvalue weighted by Gasteiger charge is -2.37. The van der Waals surface area contributed by atoms with Crippen LogP contribution in [0, 0.1) is 0 Å². The number of phenolic OH excluding ortho intramolecular Hbond substituents is 3. The van der Waals surface area contributed by atoms with Crippen LogP contribution in [-0.2, 0) is 6.42 Å². The lowest BCUT2D eigenvalue weighted by atomic mass is 9.89. The van der Waals surface area contributed by atoms with Gasteiger partial charge in [0.05, 0.1) is 11.7 Å². The van der Waals surface area contributed by atoms with Crippen LogP contribution in [0.4, 0.5) is 0 Å². The number of fused-ring (bicyclic) bond motifs is 2. The van der Waals surface area contributed by atoms with E-state index in [1.54, 1.807) is 19.9 Å². The van der Waals surface area contributed by atoms with E-state index in [9.17, 15) is 25.2 Å². The smallest absolute Gasteiger partial charge is 0.204 e. The summed E-state index contributed by atoms with van der Waals surface area (Å²) in [7, 11) is 0. The van der Waals surface area contributed by atoms with E-state index in [0.29, 0.717) is 11.3 Å². The quantitative estimate of drug-likeness (QED) is 0.520. The Morgan fingerprint density at radius 2 is 1.85 bits per heavy atom. The number of ether oxygens (including phenoxy) is 1. The van der Waals surface area contributed by atoms with Gasteiger partial charge in [0, 0.05) is 29.7 Å². The Balaban J connectivity index is 1.92. The van der Waals surface area contributed by atoms with E-state index in [4.69, 9.17) is 9.15 Å². The Labute approximate surface area is 153 Å². The summed E-state index contributed by atoms with van der Waals surface area (Å²) < 4.78 is 11.1. The Kier molecular flexibility index (Phi) is 3.61. The topological polar surface area (TPSA) is 120 Å². The standard InChI is InChI=1S/C20H18O7/c1-20(2)16(23)7-11-14(27-20)4-3-10(18(11)24)12-8-26-15-6-9(21)5-13(22)17(15)19(12)25/h3-6,8,16,21-24H,7H2,1-2H3/t16-/m0/s1. The summed E-state index contributed by atoms with van der Waals surface area (Å²) in [5, 5.41) is 40.4. The fourth-order valence-corrected chi connectivity index (χ4v) is 3.32. The van der Waals surface area contributed by atoms with Crippen LogP contribution in [0.2, 0.25) is 0 Å². The Bertz CT molecular complexity index is 1130. The van der Waals surface area contributed by atoms with Crippen LogP contribution >= 0.6 is 0 Å². The van der Waals surface area contributed by atoms with Crippen LogP contribution in [-0.4, -0.2) is 32.1 Å². The number of hydrogen-bond donors (Lipinski definition) is 4. The predicted octanol–water partition coefficient (Wildman–Crippen LogP) is 2.65. The monoisotopic (exact) mass is 370 g/mol. The molecule has 0 saturated heterocycles. The molecule has 4 N–H and O–H groups in total. The van der Waals surface area contributed by atoms with Crippen molar-refractivity contribution >= 4 is 11.0 Å². The van der Waals surface area contributed by atoms with Crippen LogP contribution in [0.1, 0.15) is 19.4 Å². The van der Waals surface area contributed by atoms with Gasteiger partial charge in [-0.25, -0.2) is 0 Å². The summed E-state index contributed by atoms with van der Waals surface area (Å²) >= 11 is 0. The van der Waals surface area contributed by atoms with Crippen LogP contribution in [0.3, 0.4) is 0 Å². The highest BCUT2D eigenvalue weighted by Crippen LogP contribution is 2.43. The van der Waals surface area contributed by atoms with Gasteiger partial charge in [0.1, 0.15) is 45.8 Å². The number of aromatic hydroxyl groups is 3. The van der Waals surface area contributed by atoms with Gasteiger partial charge in [-0.2, -0.15) is 0 Å². The number of aliphatic hydroxyl groups is 1. The number of hydrogen-bond acceptors (Lipinski definition) is 7. The summed E-state index contributed by atoms with van der Waals surface area (Å²) in [5.41, 5.74) is -0.679. The average molecular weight is 370 g/mol. The molecule has 2 aromatic carbocycles. The second-order valence-electron chi connectivity index (χ2n) is 7.18. The van der Waals surface area contributed by atoms with Crippen molar-refractivity contribution in [2.24, 2.45) is 0 Å². The molecule has 1 aliphatic rings. The van der Waals surface area contributed by atoms with Gasteiger partial charge in [-0.1, -0.05) is 0 Å². The molecular weight excluding hydrogens is 352 g/mol. The third-order valence-electron chi connectivity index (χ3n) is 4.94. The van der Waals surface area contributed by atoms with Crippen molar-refractivity contribution in [3.05, 3.63) is 46.3 Å².